The quantitative estimate of drug-likeness (QED) is 0.0847. The molecule has 19 aromatic rings. The number of para-hydroxylation sites is 3. The van der Waals surface area contributed by atoms with E-state index in [1.54, 1.807) is 0 Å². The third-order valence-corrected chi connectivity index (χ3v) is 25.2. The van der Waals surface area contributed by atoms with Crippen molar-refractivity contribution in [2.24, 2.45) is 0 Å². The number of hydrogen-bond acceptors (Lipinski definition) is 4. The Hall–Kier alpha value is -14.4. The Morgan fingerprint density at radius 2 is 0.765 bits per heavy atom. The van der Waals surface area contributed by atoms with Gasteiger partial charge in [0.15, 0.2) is 0 Å². The van der Waals surface area contributed by atoms with Crippen molar-refractivity contribution in [2.75, 3.05) is 9.80 Å². The molecule has 542 valence electrons. The number of thiophene rings is 1. The van der Waals surface area contributed by atoms with Gasteiger partial charge in [-0.25, -0.2) is 0 Å². The smallest absolute Gasteiger partial charge is 0.143 e. The number of benzene rings is 17. The van der Waals surface area contributed by atoms with Gasteiger partial charge in [-0.05, 0) is 186 Å². The van der Waals surface area contributed by atoms with Crippen molar-refractivity contribution < 1.29 is 4.42 Å². The summed E-state index contributed by atoms with van der Waals surface area (Å²) in [6.07, 6.45) is 8.23. The Labute approximate surface area is 674 Å². The molecule has 0 spiro atoms. The highest BCUT2D eigenvalue weighted by Gasteiger charge is 2.48. The topological polar surface area (TPSA) is 19.6 Å². The number of hydrogen-bond donors (Lipinski definition) is 0. The van der Waals surface area contributed by atoms with Crippen LogP contribution in [0.25, 0.3) is 120 Å². The van der Waals surface area contributed by atoms with E-state index in [0.717, 1.165) is 101 Å². The second kappa shape index (κ2) is 28.4. The number of fused-ring (bicyclic) bond motifs is 12. The standard InChI is InChI=1S/C111H76N2OS/c1-3-4-9-32-74(2)110(81-39-14-7-15-40-81)100-54-23-18-47-92(100)94-66-64-86(72-102(94)110)112(104-56-25-20-45-88(104)76-33-10-5-11-34-76)84-43-28-37-79(69-84)90-50-30-52-97-99-71-78(61-68-106(99)114-108(90)97)75-59-62-83(63-60-75)111(82-41-16-8-17-42-82)101-55-24-19-48-93(101)95-67-65-87(73-103(95)111)113(105-57-26-21-46-89(105)77-35-12-6-13-36-77)85-44-29-38-80(70-85)91-51-31-53-98-96-49-22-27-58-107(96)115-109(91)98/h3-73H,1H2,2H3/b9-4-,74-32+. The molecule has 0 radical (unpaired) electrons. The summed E-state index contributed by atoms with van der Waals surface area (Å²) >= 11 is 1.87. The molecule has 2 unspecified atom stereocenters. The maximum Gasteiger partial charge on any atom is 0.143 e. The monoisotopic (exact) mass is 1480 g/mol. The van der Waals surface area contributed by atoms with Gasteiger partial charge in [-0.2, -0.15) is 0 Å². The Kier molecular flexibility index (Phi) is 16.9. The molecule has 0 N–H and O–H groups in total. The lowest BCUT2D eigenvalue weighted by molar-refractivity contribution is 0.670. The lowest BCUT2D eigenvalue weighted by atomic mass is 9.67. The third kappa shape index (κ3) is 11.2. The van der Waals surface area contributed by atoms with Crippen molar-refractivity contribution in [2.45, 2.75) is 17.8 Å². The van der Waals surface area contributed by atoms with Gasteiger partial charge in [0.2, 0.25) is 0 Å². The molecule has 0 saturated heterocycles. The molecule has 2 atom stereocenters. The molecule has 2 aliphatic carbocycles. The molecule has 4 heteroatoms. The average molecular weight is 1490 g/mol. The Morgan fingerprint density at radius 3 is 1.42 bits per heavy atom. The van der Waals surface area contributed by atoms with E-state index in [2.05, 4.69) is 442 Å². The summed E-state index contributed by atoms with van der Waals surface area (Å²) in [6, 6.07) is 150. The molecule has 0 aliphatic heterocycles. The van der Waals surface area contributed by atoms with Gasteiger partial charge in [-0.15, -0.1) is 11.3 Å². The van der Waals surface area contributed by atoms with E-state index in [1.807, 2.05) is 23.5 Å². The van der Waals surface area contributed by atoms with E-state index in [4.69, 9.17) is 4.42 Å². The fourth-order valence-electron chi connectivity index (χ4n) is 19.0. The molecular formula is C111H76N2OS. The second-order valence-electron chi connectivity index (χ2n) is 30.1. The van der Waals surface area contributed by atoms with Crippen LogP contribution in [0.4, 0.5) is 34.1 Å². The summed E-state index contributed by atoms with van der Waals surface area (Å²) in [4.78, 5) is 4.95. The first-order chi connectivity index (χ1) is 56.9. The molecule has 115 heavy (non-hydrogen) atoms. The minimum atomic E-state index is -0.701. The van der Waals surface area contributed by atoms with Gasteiger partial charge in [-0.1, -0.05) is 364 Å². The number of nitrogens with zero attached hydrogens (tertiary/aromatic N) is 2. The first-order valence-electron chi connectivity index (χ1n) is 39.6. The SMILES string of the molecule is C=C/C=C\C=C(/C)C1(c2ccccc2)c2ccccc2-c2ccc(N(c3cccc(-c4cccc5c4oc4ccc(-c6ccc(C7(c8ccccc8)c8ccccc8-c8ccc(N(c9cccc(-c%10cccc%11c%10sc%10ccccc%10%11)c9)c9ccccc9-c9ccccc9)cc87)cc6)cc45)c3)c3ccccc3-c3ccccc3)cc21. The third-order valence-electron chi connectivity index (χ3n) is 24.0. The van der Waals surface area contributed by atoms with Crippen LogP contribution in [0, 0.1) is 0 Å². The van der Waals surface area contributed by atoms with Gasteiger partial charge in [0.1, 0.15) is 11.2 Å². The van der Waals surface area contributed by atoms with E-state index in [-0.39, 0.29) is 0 Å². The van der Waals surface area contributed by atoms with Crippen LogP contribution in [0.15, 0.2) is 447 Å². The largest absolute Gasteiger partial charge is 0.455 e. The molecule has 0 amide bonds. The van der Waals surface area contributed by atoms with Gasteiger partial charge in [0.05, 0.1) is 22.2 Å². The minimum Gasteiger partial charge on any atom is -0.455 e. The van der Waals surface area contributed by atoms with E-state index in [0.29, 0.717) is 0 Å². The fourth-order valence-corrected chi connectivity index (χ4v) is 20.2. The van der Waals surface area contributed by atoms with Gasteiger partial charge >= 0.3 is 0 Å². The highest BCUT2D eigenvalue weighted by molar-refractivity contribution is 7.26. The van der Waals surface area contributed by atoms with Crippen LogP contribution < -0.4 is 9.80 Å². The highest BCUT2D eigenvalue weighted by atomic mass is 32.1. The average Bonchev–Trinajstić information content (AvgIpc) is 1.55. The van der Waals surface area contributed by atoms with Crippen molar-refractivity contribution in [1.29, 1.82) is 0 Å². The highest BCUT2D eigenvalue weighted by Crippen LogP contribution is 2.61. The Bertz CT molecular complexity index is 7070. The molecule has 0 saturated carbocycles. The first kappa shape index (κ1) is 68.6. The molecule has 21 rings (SSSR count). The lowest BCUT2D eigenvalue weighted by Crippen LogP contribution is -2.28. The number of anilines is 6. The summed E-state index contributed by atoms with van der Waals surface area (Å²) in [6.45, 7) is 6.30. The molecule has 2 heterocycles. The zero-order chi connectivity index (χ0) is 76.6. The molecule has 0 bridgehead atoms. The zero-order valence-corrected chi connectivity index (χ0v) is 64.2. The minimum absolute atomic E-state index is 0.594. The van der Waals surface area contributed by atoms with Crippen LogP contribution >= 0.6 is 11.3 Å². The van der Waals surface area contributed by atoms with Gasteiger partial charge in [0, 0.05) is 70.4 Å². The molecule has 0 fully saturated rings. The molecule has 3 nitrogen and oxygen atoms in total. The summed E-state index contributed by atoms with van der Waals surface area (Å²) in [7, 11) is 0. The molecular weight excluding hydrogens is 1410 g/mol. The van der Waals surface area contributed by atoms with Crippen molar-refractivity contribution >= 4 is 87.6 Å². The Morgan fingerprint density at radius 1 is 0.304 bits per heavy atom. The summed E-state index contributed by atoms with van der Waals surface area (Å²) in [5, 5.41) is 4.70. The lowest BCUT2D eigenvalue weighted by Gasteiger charge is -2.35. The van der Waals surface area contributed by atoms with Crippen LogP contribution in [-0.2, 0) is 10.8 Å². The van der Waals surface area contributed by atoms with E-state index in [9.17, 15) is 0 Å². The van der Waals surface area contributed by atoms with E-state index >= 15 is 0 Å². The van der Waals surface area contributed by atoms with Crippen LogP contribution in [0.1, 0.15) is 45.9 Å². The van der Waals surface area contributed by atoms with Gasteiger partial charge < -0.3 is 14.2 Å². The van der Waals surface area contributed by atoms with Crippen LogP contribution in [0.2, 0.25) is 0 Å². The predicted octanol–water partition coefficient (Wildman–Crippen LogP) is 30.6. The van der Waals surface area contributed by atoms with Gasteiger partial charge in [-0.3, -0.25) is 0 Å². The van der Waals surface area contributed by atoms with Crippen LogP contribution in [-0.4, -0.2) is 0 Å². The molecule has 2 aromatic heterocycles. The van der Waals surface area contributed by atoms with Crippen molar-refractivity contribution in [3.05, 3.63) is 482 Å². The van der Waals surface area contributed by atoms with Crippen LogP contribution in [0.5, 0.6) is 0 Å². The van der Waals surface area contributed by atoms with Gasteiger partial charge in [0.25, 0.3) is 0 Å². The van der Waals surface area contributed by atoms with Crippen LogP contribution in [0.3, 0.4) is 0 Å². The second-order valence-corrected chi connectivity index (χ2v) is 31.2. The fraction of sp³-hybridized carbons (Fsp3) is 0.0270. The number of allylic oxidation sites excluding steroid dienone is 5. The van der Waals surface area contributed by atoms with E-state index in [1.165, 1.54) is 98.1 Å². The molecule has 17 aromatic carbocycles. The maximum atomic E-state index is 7.13. The first-order valence-corrected chi connectivity index (χ1v) is 40.4. The summed E-state index contributed by atoms with van der Waals surface area (Å²) < 4.78 is 9.71. The zero-order valence-electron chi connectivity index (χ0n) is 63.4. The van der Waals surface area contributed by atoms with Crippen molar-refractivity contribution in [1.82, 2.24) is 0 Å². The number of rotatable bonds is 17. The predicted molar refractivity (Wildman–Crippen MR) is 485 cm³/mol. The Balaban J connectivity index is 0.675. The summed E-state index contributed by atoms with van der Waals surface area (Å²) in [5.74, 6) is 0. The normalized spacial score (nSPS) is 14.8. The van der Waals surface area contributed by atoms with Crippen molar-refractivity contribution in [3.63, 3.8) is 0 Å². The summed E-state index contributed by atoms with van der Waals surface area (Å²) in [5.41, 5.74) is 32.7. The maximum absolute atomic E-state index is 7.13. The van der Waals surface area contributed by atoms with Crippen molar-refractivity contribution in [3.8, 4) is 77.9 Å². The van der Waals surface area contributed by atoms with E-state index < -0.39 is 10.8 Å². The number of furan rings is 1. The molecule has 2 aliphatic rings.